The summed E-state index contributed by atoms with van der Waals surface area (Å²) in [4.78, 5) is 27.7. The Balaban J connectivity index is 1.65. The molecule has 6 nitrogen and oxygen atoms in total. The van der Waals surface area contributed by atoms with E-state index in [1.807, 2.05) is 37.3 Å². The Labute approximate surface area is 134 Å². The van der Waals surface area contributed by atoms with Crippen LogP contribution in [0.4, 0.5) is 0 Å². The summed E-state index contributed by atoms with van der Waals surface area (Å²) in [7, 11) is 0. The number of hydrogen-bond donors (Lipinski definition) is 0. The molecule has 1 aliphatic carbocycles. The second-order valence-electron chi connectivity index (χ2n) is 5.54. The Bertz CT molecular complexity index is 692. The molecule has 120 valence electrons. The Kier molecular flexibility index (Phi) is 4.41. The Morgan fingerprint density at radius 2 is 2.04 bits per heavy atom. The quantitative estimate of drug-likeness (QED) is 0.766. The first-order valence-electron chi connectivity index (χ1n) is 7.58. The molecule has 1 heterocycles. The average molecular weight is 314 g/mol. The molecule has 1 aromatic carbocycles. The SMILES string of the molecule is CC(c1ccccc1)n1cncc1C(=O)OCC(=O)OC1CC1. The smallest absolute Gasteiger partial charge is 0.357 e. The third-order valence-corrected chi connectivity index (χ3v) is 3.72. The Morgan fingerprint density at radius 1 is 1.30 bits per heavy atom. The number of hydrogen-bond acceptors (Lipinski definition) is 5. The summed E-state index contributed by atoms with van der Waals surface area (Å²) in [6.07, 6.45) is 4.80. The van der Waals surface area contributed by atoms with Crippen LogP contribution in [-0.2, 0) is 14.3 Å². The molecule has 23 heavy (non-hydrogen) atoms. The van der Waals surface area contributed by atoms with E-state index in [9.17, 15) is 9.59 Å². The number of carbonyl (C=O) groups excluding carboxylic acids is 2. The van der Waals surface area contributed by atoms with Gasteiger partial charge in [-0.3, -0.25) is 0 Å². The first-order valence-corrected chi connectivity index (χ1v) is 7.58. The first-order chi connectivity index (χ1) is 11.1. The second-order valence-corrected chi connectivity index (χ2v) is 5.54. The zero-order chi connectivity index (χ0) is 16.2. The van der Waals surface area contributed by atoms with Crippen LogP contribution in [0.1, 0.15) is 41.9 Å². The van der Waals surface area contributed by atoms with Crippen molar-refractivity contribution in [2.24, 2.45) is 0 Å². The number of rotatable bonds is 6. The maximum Gasteiger partial charge on any atom is 0.357 e. The lowest BCUT2D eigenvalue weighted by Crippen LogP contribution is -2.20. The minimum absolute atomic E-state index is 0.00447. The van der Waals surface area contributed by atoms with E-state index in [4.69, 9.17) is 9.47 Å². The van der Waals surface area contributed by atoms with E-state index in [1.165, 1.54) is 6.20 Å². The third-order valence-electron chi connectivity index (χ3n) is 3.72. The van der Waals surface area contributed by atoms with Gasteiger partial charge in [-0.2, -0.15) is 0 Å². The molecule has 0 bridgehead atoms. The van der Waals surface area contributed by atoms with Gasteiger partial charge in [0.1, 0.15) is 11.8 Å². The summed E-state index contributed by atoms with van der Waals surface area (Å²) >= 11 is 0. The summed E-state index contributed by atoms with van der Waals surface area (Å²) in [5.74, 6) is -1.10. The minimum atomic E-state index is -0.585. The first kappa shape index (κ1) is 15.3. The normalized spacial score (nSPS) is 15.0. The standard InChI is InChI=1S/C17H18N2O4/c1-12(13-5-3-2-4-6-13)19-11-18-9-15(19)17(21)22-10-16(20)23-14-7-8-14/h2-6,9,11-12,14H,7-8,10H2,1H3. The van der Waals surface area contributed by atoms with Gasteiger partial charge in [0.15, 0.2) is 6.61 Å². The fourth-order valence-corrected chi connectivity index (χ4v) is 2.27. The van der Waals surface area contributed by atoms with E-state index in [0.717, 1.165) is 18.4 Å². The number of esters is 2. The lowest BCUT2D eigenvalue weighted by molar-refractivity contribution is -0.148. The van der Waals surface area contributed by atoms with Crippen LogP contribution < -0.4 is 0 Å². The number of benzene rings is 1. The molecule has 0 radical (unpaired) electrons. The van der Waals surface area contributed by atoms with Crippen molar-refractivity contribution in [3.05, 3.63) is 54.1 Å². The van der Waals surface area contributed by atoms with Gasteiger partial charge in [0.25, 0.3) is 0 Å². The Morgan fingerprint density at radius 3 is 2.74 bits per heavy atom. The maximum absolute atomic E-state index is 12.2. The highest BCUT2D eigenvalue weighted by Crippen LogP contribution is 2.23. The fraction of sp³-hybridized carbons (Fsp3) is 0.353. The van der Waals surface area contributed by atoms with E-state index in [0.29, 0.717) is 5.69 Å². The highest BCUT2D eigenvalue weighted by Gasteiger charge is 2.27. The molecule has 1 unspecified atom stereocenters. The van der Waals surface area contributed by atoms with E-state index < -0.39 is 11.9 Å². The van der Waals surface area contributed by atoms with Crippen LogP contribution >= 0.6 is 0 Å². The van der Waals surface area contributed by atoms with Crippen LogP contribution in [0.25, 0.3) is 0 Å². The molecule has 1 aromatic heterocycles. The van der Waals surface area contributed by atoms with Crippen LogP contribution in [-0.4, -0.2) is 34.2 Å². The van der Waals surface area contributed by atoms with Crippen LogP contribution in [0, 0.1) is 0 Å². The fourth-order valence-electron chi connectivity index (χ4n) is 2.27. The van der Waals surface area contributed by atoms with Gasteiger partial charge in [-0.15, -0.1) is 0 Å². The molecule has 1 atom stereocenters. The number of aromatic nitrogens is 2. The molecule has 0 aliphatic heterocycles. The van der Waals surface area contributed by atoms with Crippen LogP contribution in [0.15, 0.2) is 42.9 Å². The highest BCUT2D eigenvalue weighted by molar-refractivity contribution is 5.89. The topological polar surface area (TPSA) is 70.4 Å². The van der Waals surface area contributed by atoms with Crippen LogP contribution in [0.3, 0.4) is 0 Å². The van der Waals surface area contributed by atoms with Gasteiger partial charge < -0.3 is 14.0 Å². The summed E-state index contributed by atoms with van der Waals surface area (Å²) in [6, 6.07) is 9.70. The zero-order valence-electron chi connectivity index (χ0n) is 12.8. The number of ether oxygens (including phenoxy) is 2. The van der Waals surface area contributed by atoms with E-state index in [2.05, 4.69) is 4.98 Å². The van der Waals surface area contributed by atoms with Crippen molar-refractivity contribution in [1.82, 2.24) is 9.55 Å². The molecule has 1 saturated carbocycles. The van der Waals surface area contributed by atoms with Crippen molar-refractivity contribution in [3.8, 4) is 0 Å². The largest absolute Gasteiger partial charge is 0.460 e. The number of carbonyl (C=O) groups is 2. The van der Waals surface area contributed by atoms with Gasteiger partial charge in [-0.25, -0.2) is 14.6 Å². The third kappa shape index (κ3) is 3.77. The number of imidazole rings is 1. The molecule has 3 rings (SSSR count). The zero-order valence-corrected chi connectivity index (χ0v) is 12.8. The van der Waals surface area contributed by atoms with Crippen molar-refractivity contribution < 1.29 is 19.1 Å². The lowest BCUT2D eigenvalue weighted by Gasteiger charge is -2.16. The van der Waals surface area contributed by atoms with Crippen LogP contribution in [0.2, 0.25) is 0 Å². The predicted molar refractivity (Wildman–Crippen MR) is 81.9 cm³/mol. The van der Waals surface area contributed by atoms with Crippen LogP contribution in [0.5, 0.6) is 0 Å². The molecule has 0 N–H and O–H groups in total. The van der Waals surface area contributed by atoms with Crippen molar-refractivity contribution in [1.29, 1.82) is 0 Å². The van der Waals surface area contributed by atoms with Gasteiger partial charge in [0, 0.05) is 0 Å². The molecule has 1 fully saturated rings. The monoisotopic (exact) mass is 314 g/mol. The van der Waals surface area contributed by atoms with E-state index >= 15 is 0 Å². The average Bonchev–Trinajstić information content (AvgIpc) is 3.24. The minimum Gasteiger partial charge on any atom is -0.460 e. The molecular formula is C17H18N2O4. The Hall–Kier alpha value is -2.63. The molecule has 1 aliphatic rings. The molecule has 0 saturated heterocycles. The molecule has 6 heteroatoms. The second kappa shape index (κ2) is 6.64. The predicted octanol–water partition coefficient (Wildman–Crippen LogP) is 2.35. The van der Waals surface area contributed by atoms with Crippen molar-refractivity contribution in [3.63, 3.8) is 0 Å². The summed E-state index contributed by atoms with van der Waals surface area (Å²) in [5.41, 5.74) is 1.35. The molecular weight excluding hydrogens is 296 g/mol. The molecule has 2 aromatic rings. The summed E-state index contributed by atoms with van der Waals surface area (Å²) < 4.78 is 11.8. The highest BCUT2D eigenvalue weighted by atomic mass is 16.6. The van der Waals surface area contributed by atoms with E-state index in [1.54, 1.807) is 10.9 Å². The van der Waals surface area contributed by atoms with Crippen molar-refractivity contribution in [2.45, 2.75) is 31.9 Å². The molecule has 0 amide bonds. The van der Waals surface area contributed by atoms with Gasteiger partial charge in [-0.05, 0) is 25.3 Å². The number of nitrogens with zero attached hydrogens (tertiary/aromatic N) is 2. The summed E-state index contributed by atoms with van der Waals surface area (Å²) in [6.45, 7) is 1.59. The summed E-state index contributed by atoms with van der Waals surface area (Å²) in [5, 5.41) is 0. The lowest BCUT2D eigenvalue weighted by atomic mass is 10.1. The van der Waals surface area contributed by atoms with Gasteiger partial charge in [0.05, 0.1) is 18.6 Å². The van der Waals surface area contributed by atoms with Crippen molar-refractivity contribution >= 4 is 11.9 Å². The van der Waals surface area contributed by atoms with Crippen molar-refractivity contribution in [2.75, 3.05) is 6.61 Å². The van der Waals surface area contributed by atoms with Gasteiger partial charge in [0.2, 0.25) is 0 Å². The van der Waals surface area contributed by atoms with Gasteiger partial charge >= 0.3 is 11.9 Å². The molecule has 0 spiro atoms. The van der Waals surface area contributed by atoms with E-state index in [-0.39, 0.29) is 18.8 Å². The van der Waals surface area contributed by atoms with Gasteiger partial charge in [-0.1, -0.05) is 30.3 Å². The maximum atomic E-state index is 12.2.